The van der Waals surface area contributed by atoms with Crippen LogP contribution in [0.15, 0.2) is 57.2 Å². The van der Waals surface area contributed by atoms with E-state index in [-0.39, 0.29) is 5.41 Å². The third-order valence-electron chi connectivity index (χ3n) is 5.16. The monoisotopic (exact) mass is 439 g/mol. The molecule has 0 radical (unpaired) electrons. The van der Waals surface area contributed by atoms with Crippen molar-refractivity contribution in [1.29, 1.82) is 0 Å². The summed E-state index contributed by atoms with van der Waals surface area (Å²) in [6, 6.07) is 13.2. The quantitative estimate of drug-likeness (QED) is 0.581. The first-order valence-corrected chi connectivity index (χ1v) is 11.3. The molecule has 0 saturated carbocycles. The van der Waals surface area contributed by atoms with Crippen LogP contribution in [0.4, 0.5) is 0 Å². The van der Waals surface area contributed by atoms with Crippen molar-refractivity contribution in [2.45, 2.75) is 37.9 Å². The Hall–Kier alpha value is -3.00. The summed E-state index contributed by atoms with van der Waals surface area (Å²) < 4.78 is 13.7. The zero-order chi connectivity index (χ0) is 22.2. The number of nitrogens with zero attached hydrogens (tertiary/aromatic N) is 3. The summed E-state index contributed by atoms with van der Waals surface area (Å²) in [4.78, 5) is 30.2. The van der Waals surface area contributed by atoms with E-state index in [4.69, 9.17) is 9.47 Å². The van der Waals surface area contributed by atoms with Crippen LogP contribution in [-0.2, 0) is 12.0 Å². The molecule has 0 atom stereocenters. The highest BCUT2D eigenvalue weighted by Gasteiger charge is 2.18. The lowest BCUT2D eigenvalue weighted by molar-refractivity contribution is 0.171. The Morgan fingerprint density at radius 2 is 1.68 bits per heavy atom. The predicted octanol–water partition coefficient (Wildman–Crippen LogP) is 3.23. The van der Waals surface area contributed by atoms with E-state index in [1.165, 1.54) is 21.9 Å². The number of ether oxygens (including phenoxy) is 2. The maximum atomic E-state index is 13.4. The van der Waals surface area contributed by atoms with Crippen LogP contribution in [0.2, 0.25) is 0 Å². The predicted molar refractivity (Wildman–Crippen MR) is 121 cm³/mol. The lowest BCUT2D eigenvalue weighted by Crippen LogP contribution is -2.41. The molecular formula is C23H25N3O4S. The van der Waals surface area contributed by atoms with E-state index in [1.54, 1.807) is 24.5 Å². The molecule has 0 amide bonds. The van der Waals surface area contributed by atoms with Crippen molar-refractivity contribution in [1.82, 2.24) is 14.1 Å². The number of hydrogen-bond acceptors (Lipinski definition) is 6. The molecule has 0 bridgehead atoms. The van der Waals surface area contributed by atoms with Crippen molar-refractivity contribution < 1.29 is 9.47 Å². The number of benzene rings is 2. The van der Waals surface area contributed by atoms with Crippen molar-refractivity contribution in [3.63, 3.8) is 0 Å². The van der Waals surface area contributed by atoms with Gasteiger partial charge in [0.15, 0.2) is 16.7 Å². The second-order valence-corrected chi connectivity index (χ2v) is 9.13. The van der Waals surface area contributed by atoms with E-state index in [0.717, 1.165) is 10.1 Å². The molecule has 0 unspecified atom stereocenters. The number of hydrogen-bond donors (Lipinski definition) is 0. The Kier molecular flexibility index (Phi) is 5.66. The summed E-state index contributed by atoms with van der Waals surface area (Å²) in [5.41, 5.74) is 1.56. The minimum absolute atomic E-state index is 0.0484. The largest absolute Gasteiger partial charge is 0.486 e. The second kappa shape index (κ2) is 8.26. The maximum Gasteiger partial charge on any atom is 0.358 e. The fraction of sp³-hybridized carbons (Fsp3) is 0.348. The highest BCUT2D eigenvalue weighted by molar-refractivity contribution is 7.98. The third kappa shape index (κ3) is 4.25. The van der Waals surface area contributed by atoms with Gasteiger partial charge in [-0.25, -0.2) is 14.2 Å². The number of thioether (sulfide) groups is 1. The normalized spacial score (nSPS) is 13.3. The molecule has 7 nitrogen and oxygen atoms in total. The fourth-order valence-electron chi connectivity index (χ4n) is 3.45. The summed E-state index contributed by atoms with van der Waals surface area (Å²) >= 11 is 1.27. The van der Waals surface area contributed by atoms with Crippen molar-refractivity contribution in [2.75, 3.05) is 19.5 Å². The van der Waals surface area contributed by atoms with Crippen molar-refractivity contribution in [3.05, 3.63) is 74.6 Å². The first-order valence-electron chi connectivity index (χ1n) is 10.1. The molecule has 1 aromatic heterocycles. The molecule has 0 saturated heterocycles. The highest BCUT2D eigenvalue weighted by atomic mass is 32.2. The van der Waals surface area contributed by atoms with Gasteiger partial charge < -0.3 is 9.47 Å². The van der Waals surface area contributed by atoms with Gasteiger partial charge in [0.2, 0.25) is 0 Å². The molecule has 1 aliphatic rings. The third-order valence-corrected chi connectivity index (χ3v) is 5.84. The van der Waals surface area contributed by atoms with Gasteiger partial charge >= 0.3 is 11.4 Å². The van der Waals surface area contributed by atoms with E-state index in [9.17, 15) is 9.59 Å². The Morgan fingerprint density at radius 3 is 2.32 bits per heavy atom. The van der Waals surface area contributed by atoms with Crippen LogP contribution in [0.3, 0.4) is 0 Å². The topological polar surface area (TPSA) is 75.4 Å². The molecule has 2 heterocycles. The zero-order valence-electron chi connectivity index (χ0n) is 18.0. The molecule has 0 spiro atoms. The minimum atomic E-state index is -0.620. The molecule has 31 heavy (non-hydrogen) atoms. The Balaban J connectivity index is 1.77. The molecule has 8 heteroatoms. The van der Waals surface area contributed by atoms with Crippen LogP contribution in [0.5, 0.6) is 11.5 Å². The minimum Gasteiger partial charge on any atom is -0.486 e. The van der Waals surface area contributed by atoms with Crippen molar-refractivity contribution in [3.8, 4) is 17.2 Å². The average Bonchev–Trinajstić information content (AvgIpc) is 2.75. The van der Waals surface area contributed by atoms with E-state index < -0.39 is 11.4 Å². The van der Waals surface area contributed by atoms with Gasteiger partial charge in [0.25, 0.3) is 0 Å². The molecule has 2 aromatic carbocycles. The summed E-state index contributed by atoms with van der Waals surface area (Å²) in [6.45, 7) is 7.68. The van der Waals surface area contributed by atoms with E-state index in [1.807, 2.05) is 12.1 Å². The maximum absolute atomic E-state index is 13.4. The standard InChI is InChI=1S/C23H25N3O4S/c1-23(2,3)16-7-5-15(6-8-16)14-25-21(31-4)24-20(27)26(22(25)28)17-9-10-18-19(13-17)30-12-11-29-18/h5-10,13H,11-12,14H2,1-4H3. The molecule has 0 fully saturated rings. The summed E-state index contributed by atoms with van der Waals surface area (Å²) in [7, 11) is 0. The first kappa shape index (κ1) is 21.2. The summed E-state index contributed by atoms with van der Waals surface area (Å²) in [5, 5.41) is 0.378. The van der Waals surface area contributed by atoms with Crippen LogP contribution >= 0.6 is 11.8 Å². The highest BCUT2D eigenvalue weighted by Crippen LogP contribution is 2.31. The van der Waals surface area contributed by atoms with Crippen molar-refractivity contribution >= 4 is 11.8 Å². The molecule has 3 aromatic rings. The van der Waals surface area contributed by atoms with E-state index in [2.05, 4.69) is 37.9 Å². The fourth-order valence-corrected chi connectivity index (χ4v) is 3.98. The summed E-state index contributed by atoms with van der Waals surface area (Å²) in [6.07, 6.45) is 1.80. The zero-order valence-corrected chi connectivity index (χ0v) is 18.9. The molecule has 0 aliphatic carbocycles. The van der Waals surface area contributed by atoms with Gasteiger partial charge in [-0.15, -0.1) is 0 Å². The second-order valence-electron chi connectivity index (χ2n) is 8.36. The van der Waals surface area contributed by atoms with Gasteiger partial charge in [-0.1, -0.05) is 56.8 Å². The van der Waals surface area contributed by atoms with Crippen LogP contribution in [0.25, 0.3) is 5.69 Å². The van der Waals surface area contributed by atoms with E-state index in [0.29, 0.717) is 42.1 Å². The Bertz CT molecular complexity index is 1220. The van der Waals surface area contributed by atoms with Gasteiger partial charge in [-0.2, -0.15) is 4.98 Å². The van der Waals surface area contributed by atoms with E-state index >= 15 is 0 Å². The first-order chi connectivity index (χ1) is 14.8. The Morgan fingerprint density at radius 1 is 1.00 bits per heavy atom. The van der Waals surface area contributed by atoms with Gasteiger partial charge in [0.1, 0.15) is 13.2 Å². The lowest BCUT2D eigenvalue weighted by atomic mass is 9.87. The molecule has 1 aliphatic heterocycles. The number of aromatic nitrogens is 3. The smallest absolute Gasteiger partial charge is 0.358 e. The van der Waals surface area contributed by atoms with Crippen LogP contribution in [0, 0.1) is 0 Å². The van der Waals surface area contributed by atoms with Crippen LogP contribution in [0.1, 0.15) is 31.9 Å². The average molecular weight is 440 g/mol. The van der Waals surface area contributed by atoms with Gasteiger partial charge in [0.05, 0.1) is 12.2 Å². The Labute approximate surface area is 184 Å². The van der Waals surface area contributed by atoms with Crippen LogP contribution in [-0.4, -0.2) is 33.6 Å². The molecular weight excluding hydrogens is 414 g/mol. The lowest BCUT2D eigenvalue weighted by Gasteiger charge is -2.20. The van der Waals surface area contributed by atoms with Crippen molar-refractivity contribution in [2.24, 2.45) is 0 Å². The molecule has 0 N–H and O–H groups in total. The van der Waals surface area contributed by atoms with Gasteiger partial charge in [-0.05, 0) is 34.9 Å². The summed E-state index contributed by atoms with van der Waals surface area (Å²) in [5.74, 6) is 1.10. The van der Waals surface area contributed by atoms with Gasteiger partial charge in [0, 0.05) is 6.07 Å². The van der Waals surface area contributed by atoms with Gasteiger partial charge in [-0.3, -0.25) is 4.57 Å². The SMILES string of the molecule is CSc1nc(=O)n(-c2ccc3c(c2)OCCO3)c(=O)n1Cc1ccc(C(C)(C)C)cc1. The number of fused-ring (bicyclic) bond motifs is 1. The number of rotatable bonds is 4. The molecule has 4 rings (SSSR count). The van der Waals surface area contributed by atoms with Crippen LogP contribution < -0.4 is 20.9 Å². The molecule has 162 valence electrons.